The molecule has 0 aromatic carbocycles. The number of carbonyl (C=O) groups excluding carboxylic acids is 2. The third kappa shape index (κ3) is 8.28. The quantitative estimate of drug-likeness (QED) is 0.235. The summed E-state index contributed by atoms with van der Waals surface area (Å²) in [6, 6.07) is 0. The summed E-state index contributed by atoms with van der Waals surface area (Å²) >= 11 is 0. The lowest BCUT2D eigenvalue weighted by atomic mass is 9.72. The van der Waals surface area contributed by atoms with Crippen LogP contribution in [0.3, 0.4) is 0 Å². The van der Waals surface area contributed by atoms with E-state index in [0.717, 1.165) is 70.6 Å². The molecule has 0 atom stereocenters. The predicted molar refractivity (Wildman–Crippen MR) is 146 cm³/mol. The fourth-order valence-electron chi connectivity index (χ4n) is 6.69. The lowest BCUT2D eigenvalue weighted by molar-refractivity contribution is -0.159. The number of rotatable bonds is 11. The van der Waals surface area contributed by atoms with Crippen LogP contribution in [0.5, 0.6) is 0 Å². The van der Waals surface area contributed by atoms with Gasteiger partial charge in [-0.05, 0) is 95.2 Å². The maximum atomic E-state index is 12.9. The average Bonchev–Trinajstić information content (AvgIpc) is 2.71. The third-order valence-corrected chi connectivity index (χ3v) is 9.39. The van der Waals surface area contributed by atoms with Crippen LogP contribution >= 0.6 is 0 Å². The molecule has 0 aromatic rings. The van der Waals surface area contributed by atoms with Gasteiger partial charge in [0.15, 0.2) is 0 Å². The van der Waals surface area contributed by atoms with Crippen molar-refractivity contribution >= 4 is 11.8 Å². The van der Waals surface area contributed by atoms with Crippen LogP contribution in [0.25, 0.3) is 0 Å². The number of hydrogen-bond donors (Lipinski definition) is 0. The highest BCUT2D eigenvalue weighted by Gasteiger charge is 2.45. The summed E-state index contributed by atoms with van der Waals surface area (Å²) in [5, 5.41) is 0. The fraction of sp³-hybridized carbons (Fsp3) is 0.933. The summed E-state index contributed by atoms with van der Waals surface area (Å²) in [5.74, 6) is 0.617. The van der Waals surface area contributed by atoms with E-state index in [1.54, 1.807) is 0 Å². The molecule has 0 unspecified atom stereocenters. The number of ether oxygens (including phenoxy) is 1. The minimum absolute atomic E-state index is 0.0157. The maximum Gasteiger partial charge on any atom is 0.306 e. The molecule has 204 valence electrons. The summed E-state index contributed by atoms with van der Waals surface area (Å²) in [5.41, 5.74) is 0.216. The standard InChI is InChI=1S/C30H56N2O3/c1-27(2)19-23(20-28(3,4)31(27)9)25(33)17-15-13-11-12-14-16-18-26(34)35-24-21-29(5,6)32(10)30(7,8)22-24/h23-24H,11-22H2,1-10H3. The van der Waals surface area contributed by atoms with Crippen molar-refractivity contribution in [2.24, 2.45) is 5.92 Å². The molecule has 2 aliphatic rings. The Balaban J connectivity index is 1.57. The highest BCUT2D eigenvalue weighted by atomic mass is 16.5. The van der Waals surface area contributed by atoms with Gasteiger partial charge in [0.1, 0.15) is 11.9 Å². The summed E-state index contributed by atoms with van der Waals surface area (Å²) < 4.78 is 5.87. The van der Waals surface area contributed by atoms with E-state index < -0.39 is 0 Å². The molecule has 2 saturated heterocycles. The molecule has 2 heterocycles. The van der Waals surface area contributed by atoms with Gasteiger partial charge in [0.25, 0.3) is 0 Å². The van der Waals surface area contributed by atoms with Crippen molar-refractivity contribution in [3.8, 4) is 0 Å². The number of esters is 1. The van der Waals surface area contributed by atoms with Crippen molar-refractivity contribution in [3.05, 3.63) is 0 Å². The summed E-state index contributed by atoms with van der Waals surface area (Å²) in [6.45, 7) is 18.0. The monoisotopic (exact) mass is 492 g/mol. The molecule has 0 radical (unpaired) electrons. The van der Waals surface area contributed by atoms with Crippen LogP contribution in [0.15, 0.2) is 0 Å². The van der Waals surface area contributed by atoms with E-state index in [1.807, 2.05) is 0 Å². The second-order valence-electron chi connectivity index (χ2n) is 14.1. The smallest absolute Gasteiger partial charge is 0.306 e. The first-order chi connectivity index (χ1) is 16.0. The van der Waals surface area contributed by atoms with Crippen molar-refractivity contribution < 1.29 is 14.3 Å². The first-order valence-electron chi connectivity index (χ1n) is 14.2. The van der Waals surface area contributed by atoms with Gasteiger partial charge in [-0.25, -0.2) is 0 Å². The average molecular weight is 493 g/mol. The van der Waals surface area contributed by atoms with E-state index in [-0.39, 0.29) is 40.1 Å². The van der Waals surface area contributed by atoms with Crippen LogP contribution in [0.1, 0.15) is 132 Å². The Morgan fingerprint density at radius 2 is 1.00 bits per heavy atom. The second kappa shape index (κ2) is 11.6. The van der Waals surface area contributed by atoms with E-state index >= 15 is 0 Å². The molecule has 2 aliphatic heterocycles. The minimum Gasteiger partial charge on any atom is -0.462 e. The highest BCUT2D eigenvalue weighted by molar-refractivity contribution is 5.81. The van der Waals surface area contributed by atoms with Crippen LogP contribution in [0.2, 0.25) is 0 Å². The first kappa shape index (κ1) is 30.3. The Morgan fingerprint density at radius 1 is 0.629 bits per heavy atom. The molecule has 5 heteroatoms. The van der Waals surface area contributed by atoms with Crippen molar-refractivity contribution in [2.45, 2.75) is 161 Å². The van der Waals surface area contributed by atoms with Gasteiger partial charge in [0.05, 0.1) is 0 Å². The van der Waals surface area contributed by atoms with Gasteiger partial charge in [-0.3, -0.25) is 19.4 Å². The molecule has 0 bridgehead atoms. The number of likely N-dealkylation sites (tertiary alicyclic amines) is 2. The molecule has 0 aromatic heterocycles. The van der Waals surface area contributed by atoms with Crippen LogP contribution in [0.4, 0.5) is 0 Å². The number of nitrogens with zero attached hydrogens (tertiary/aromatic N) is 2. The molecule has 0 N–H and O–H groups in total. The molecule has 0 spiro atoms. The Morgan fingerprint density at radius 3 is 1.46 bits per heavy atom. The first-order valence-corrected chi connectivity index (χ1v) is 14.2. The Hall–Kier alpha value is -0.940. The maximum absolute atomic E-state index is 12.9. The number of hydrogen-bond acceptors (Lipinski definition) is 5. The van der Waals surface area contributed by atoms with E-state index in [0.29, 0.717) is 12.2 Å². The summed E-state index contributed by atoms with van der Waals surface area (Å²) in [4.78, 5) is 30.1. The Kier molecular flexibility index (Phi) is 10.1. The molecule has 2 rings (SSSR count). The van der Waals surface area contributed by atoms with Crippen LogP contribution < -0.4 is 0 Å². The fourth-order valence-corrected chi connectivity index (χ4v) is 6.69. The van der Waals surface area contributed by atoms with Crippen molar-refractivity contribution in [1.82, 2.24) is 9.80 Å². The van der Waals surface area contributed by atoms with Crippen LogP contribution in [-0.2, 0) is 14.3 Å². The van der Waals surface area contributed by atoms with Gasteiger partial charge in [-0.2, -0.15) is 0 Å². The Labute approximate surface area is 216 Å². The van der Waals surface area contributed by atoms with E-state index in [1.165, 1.54) is 0 Å². The van der Waals surface area contributed by atoms with Gasteiger partial charge in [0, 0.05) is 53.8 Å². The number of Topliss-reactive ketones (excluding diaryl/α,β-unsaturated/α-hetero) is 1. The minimum atomic E-state index is -0.0410. The second-order valence-corrected chi connectivity index (χ2v) is 14.1. The normalized spacial score (nSPS) is 24.9. The molecule has 35 heavy (non-hydrogen) atoms. The topological polar surface area (TPSA) is 49.9 Å². The van der Waals surface area contributed by atoms with E-state index in [9.17, 15) is 9.59 Å². The van der Waals surface area contributed by atoms with Gasteiger partial charge in [0.2, 0.25) is 0 Å². The SMILES string of the molecule is CN1C(C)(C)CC(OC(=O)CCCCCCCCC(=O)C2CC(C)(C)N(C)C(C)(C)C2)CC1(C)C. The molecule has 0 saturated carbocycles. The lowest BCUT2D eigenvalue weighted by Gasteiger charge is -2.53. The predicted octanol–water partition coefficient (Wildman–Crippen LogP) is 6.77. The van der Waals surface area contributed by atoms with Gasteiger partial charge < -0.3 is 4.74 Å². The molecular formula is C30H56N2O3. The largest absolute Gasteiger partial charge is 0.462 e. The number of piperidine rings is 2. The third-order valence-electron chi connectivity index (χ3n) is 9.39. The zero-order valence-electron chi connectivity index (χ0n) is 24.8. The number of ketones is 1. The van der Waals surface area contributed by atoms with E-state index in [2.05, 4.69) is 79.3 Å². The molecule has 0 aliphatic carbocycles. The summed E-state index contributed by atoms with van der Waals surface area (Å²) in [6.07, 6.45) is 11.3. The zero-order chi connectivity index (χ0) is 26.7. The van der Waals surface area contributed by atoms with Gasteiger partial charge >= 0.3 is 5.97 Å². The number of carbonyl (C=O) groups is 2. The highest BCUT2D eigenvalue weighted by Crippen LogP contribution is 2.41. The zero-order valence-corrected chi connectivity index (χ0v) is 24.8. The van der Waals surface area contributed by atoms with Gasteiger partial charge in [-0.15, -0.1) is 0 Å². The summed E-state index contributed by atoms with van der Waals surface area (Å²) in [7, 11) is 4.36. The van der Waals surface area contributed by atoms with Gasteiger partial charge in [-0.1, -0.05) is 25.7 Å². The van der Waals surface area contributed by atoms with Crippen molar-refractivity contribution in [3.63, 3.8) is 0 Å². The molecule has 2 fully saturated rings. The van der Waals surface area contributed by atoms with Crippen molar-refractivity contribution in [1.29, 1.82) is 0 Å². The molecule has 0 amide bonds. The van der Waals surface area contributed by atoms with Crippen LogP contribution in [0, 0.1) is 5.92 Å². The number of unbranched alkanes of at least 4 members (excludes halogenated alkanes) is 5. The lowest BCUT2D eigenvalue weighted by Crippen LogP contribution is -2.60. The van der Waals surface area contributed by atoms with Crippen molar-refractivity contribution in [2.75, 3.05) is 14.1 Å². The van der Waals surface area contributed by atoms with Crippen LogP contribution in [-0.4, -0.2) is 63.9 Å². The molecule has 5 nitrogen and oxygen atoms in total. The van der Waals surface area contributed by atoms with E-state index in [4.69, 9.17) is 4.74 Å². The molecular weight excluding hydrogens is 436 g/mol. The Bertz CT molecular complexity index is 689.